The minimum absolute atomic E-state index is 0.0153. The smallest absolute Gasteiger partial charge is 0.267 e. The van der Waals surface area contributed by atoms with Crippen molar-refractivity contribution in [1.82, 2.24) is 9.80 Å². The van der Waals surface area contributed by atoms with E-state index in [1.807, 2.05) is 0 Å². The molecule has 3 atom stereocenters. The molecule has 0 bridgehead atoms. The van der Waals surface area contributed by atoms with Crippen LogP contribution in [-0.4, -0.2) is 85.7 Å². The second-order valence-electron chi connectivity index (χ2n) is 8.58. The fraction of sp³-hybridized carbons (Fsp3) is 0.632. The normalized spacial score (nSPS) is 29.4. The molecule has 0 saturated carbocycles. The summed E-state index contributed by atoms with van der Waals surface area (Å²) in [5.74, 6) is -0.435. The van der Waals surface area contributed by atoms with Gasteiger partial charge in [-0.2, -0.15) is 0 Å². The number of amides is 2. The molecule has 8 nitrogen and oxygen atoms in total. The van der Waals surface area contributed by atoms with Crippen molar-refractivity contribution >= 4 is 37.4 Å². The Morgan fingerprint density at radius 1 is 1.31 bits per heavy atom. The van der Waals surface area contributed by atoms with Gasteiger partial charge in [0.05, 0.1) is 30.7 Å². The van der Waals surface area contributed by atoms with E-state index in [4.69, 9.17) is 14.2 Å². The van der Waals surface area contributed by atoms with Crippen molar-refractivity contribution in [3.8, 4) is 0 Å². The lowest BCUT2D eigenvalue weighted by atomic mass is 10.0. The summed E-state index contributed by atoms with van der Waals surface area (Å²) in [6.07, 6.45) is 3.73. The molecule has 10 heteroatoms. The third-order valence-corrected chi connectivity index (χ3v) is 8.67. The molecule has 0 aliphatic carbocycles. The highest BCUT2D eigenvalue weighted by molar-refractivity contribution is 8.02. The van der Waals surface area contributed by atoms with E-state index in [-0.39, 0.29) is 30.7 Å². The Morgan fingerprint density at radius 3 is 2.69 bits per heavy atom. The minimum atomic E-state index is -1.61. The highest BCUT2D eigenvalue weighted by Gasteiger charge is 2.67. The maximum Gasteiger partial charge on any atom is 0.267 e. The van der Waals surface area contributed by atoms with Gasteiger partial charge in [-0.1, -0.05) is 19.6 Å². The molecule has 0 aromatic heterocycles. The molecule has 0 aromatic rings. The number of piperazine rings is 1. The summed E-state index contributed by atoms with van der Waals surface area (Å²) in [5, 5.41) is 0. The molecular weight excluding hydrogens is 412 g/mol. The zero-order valence-electron chi connectivity index (χ0n) is 17.5. The van der Waals surface area contributed by atoms with Gasteiger partial charge in [-0.05, 0) is 17.9 Å². The van der Waals surface area contributed by atoms with E-state index in [0.29, 0.717) is 5.75 Å². The van der Waals surface area contributed by atoms with Crippen molar-refractivity contribution in [2.24, 2.45) is 0 Å². The van der Waals surface area contributed by atoms with Gasteiger partial charge in [-0.15, -0.1) is 11.8 Å². The molecule has 0 N–H and O–H groups in total. The number of ketones is 1. The van der Waals surface area contributed by atoms with Gasteiger partial charge >= 0.3 is 0 Å². The standard InChI is InChI=1S/C19H28N2O6SSi/c1-20-10-15(22)21-16-13(11-26-7-6-14(16)27-12-25-2)17(23)19(21,18(20)24)28-8-9-29(3,4)5/h6-7,11,14,16H,8-10,12H2,1-5H3/t14-,16-,19+/m0/s1. The van der Waals surface area contributed by atoms with E-state index in [1.54, 1.807) is 13.1 Å². The van der Waals surface area contributed by atoms with Crippen LogP contribution in [0.3, 0.4) is 0 Å². The summed E-state index contributed by atoms with van der Waals surface area (Å²) in [5.41, 5.74) is 0.272. The van der Waals surface area contributed by atoms with E-state index in [9.17, 15) is 14.4 Å². The van der Waals surface area contributed by atoms with Crippen LogP contribution in [0.15, 0.2) is 24.2 Å². The first-order chi connectivity index (χ1) is 13.6. The average molecular weight is 441 g/mol. The minimum Gasteiger partial charge on any atom is -0.472 e. The monoisotopic (exact) mass is 440 g/mol. The second kappa shape index (κ2) is 8.25. The molecule has 0 radical (unpaired) electrons. The van der Waals surface area contributed by atoms with E-state index in [1.165, 1.54) is 41.2 Å². The predicted molar refractivity (Wildman–Crippen MR) is 112 cm³/mol. The van der Waals surface area contributed by atoms with Crippen molar-refractivity contribution < 1.29 is 28.6 Å². The molecular formula is C19H28N2O6SSi. The third kappa shape index (κ3) is 3.90. The van der Waals surface area contributed by atoms with Crippen molar-refractivity contribution in [2.75, 3.05) is 33.2 Å². The van der Waals surface area contributed by atoms with E-state index >= 15 is 0 Å². The Morgan fingerprint density at radius 2 is 2.03 bits per heavy atom. The first kappa shape index (κ1) is 22.1. The third-order valence-electron chi connectivity index (χ3n) is 5.18. The average Bonchev–Trinajstić information content (AvgIpc) is 2.77. The Balaban J connectivity index is 2.04. The van der Waals surface area contributed by atoms with E-state index in [0.717, 1.165) is 6.04 Å². The fourth-order valence-corrected chi connectivity index (χ4v) is 7.73. The molecule has 3 rings (SSSR count). The lowest BCUT2D eigenvalue weighted by Gasteiger charge is -2.45. The summed E-state index contributed by atoms with van der Waals surface area (Å²) in [6.45, 7) is 6.61. The lowest BCUT2D eigenvalue weighted by molar-refractivity contribution is -0.161. The van der Waals surface area contributed by atoms with Gasteiger partial charge < -0.3 is 24.0 Å². The number of nitrogens with zero attached hydrogens (tertiary/aromatic N) is 2. The summed E-state index contributed by atoms with van der Waals surface area (Å²) < 4.78 is 16.1. The van der Waals surface area contributed by atoms with Gasteiger partial charge in [0.2, 0.25) is 16.6 Å². The van der Waals surface area contributed by atoms with Crippen LogP contribution in [-0.2, 0) is 28.6 Å². The van der Waals surface area contributed by atoms with Crippen LogP contribution in [0.25, 0.3) is 0 Å². The molecule has 29 heavy (non-hydrogen) atoms. The molecule has 0 spiro atoms. The van der Waals surface area contributed by atoms with Crippen LogP contribution in [0.1, 0.15) is 0 Å². The second-order valence-corrected chi connectivity index (χ2v) is 15.5. The van der Waals surface area contributed by atoms with Gasteiger partial charge in [0.15, 0.2) is 0 Å². The molecule has 3 aliphatic heterocycles. The SMILES string of the molecule is COCO[C@H]1C=COC=C2C(=O)[C@@]3(SCC[Si](C)(C)C)C(=O)N(C)CC(=O)N3[C@@H]21. The molecule has 3 heterocycles. The molecule has 3 aliphatic rings. The largest absolute Gasteiger partial charge is 0.472 e. The zero-order valence-corrected chi connectivity index (χ0v) is 19.3. The number of fused-ring (bicyclic) bond motifs is 3. The molecule has 2 fully saturated rings. The van der Waals surface area contributed by atoms with Crippen molar-refractivity contribution in [2.45, 2.75) is 42.7 Å². The highest BCUT2D eigenvalue weighted by Crippen LogP contribution is 2.48. The fourth-order valence-electron chi connectivity index (χ4n) is 3.70. The number of likely N-dealkylation sites (N-methyl/N-ethyl adjacent to an activating group) is 1. The summed E-state index contributed by atoms with van der Waals surface area (Å²) >= 11 is 1.26. The Labute approximate surface area is 176 Å². The van der Waals surface area contributed by atoms with Crippen molar-refractivity contribution in [1.29, 1.82) is 0 Å². The van der Waals surface area contributed by atoms with Crippen LogP contribution < -0.4 is 0 Å². The number of carbonyl (C=O) groups excluding carboxylic acids is 3. The van der Waals surface area contributed by atoms with Crippen molar-refractivity contribution in [3.05, 3.63) is 24.2 Å². The number of carbonyl (C=O) groups is 3. The number of methoxy groups -OCH3 is 1. The molecule has 0 unspecified atom stereocenters. The summed E-state index contributed by atoms with van der Waals surface area (Å²) in [4.78, 5) is 41.2. The maximum absolute atomic E-state index is 13.6. The van der Waals surface area contributed by atoms with Crippen LogP contribution in [0.2, 0.25) is 25.7 Å². The number of thioether (sulfide) groups is 1. The van der Waals surface area contributed by atoms with Crippen LogP contribution in [0.5, 0.6) is 0 Å². The van der Waals surface area contributed by atoms with Gasteiger partial charge in [-0.25, -0.2) is 0 Å². The topological polar surface area (TPSA) is 85.4 Å². The molecule has 160 valence electrons. The first-order valence-corrected chi connectivity index (χ1v) is 14.2. The van der Waals surface area contributed by atoms with Crippen LogP contribution in [0, 0.1) is 0 Å². The summed E-state index contributed by atoms with van der Waals surface area (Å²) in [6, 6.07) is 0.191. The van der Waals surface area contributed by atoms with E-state index in [2.05, 4.69) is 19.6 Å². The lowest BCUT2D eigenvalue weighted by Crippen LogP contribution is -2.68. The number of ether oxygens (including phenoxy) is 3. The Bertz CT molecular complexity index is 764. The van der Waals surface area contributed by atoms with Gasteiger partial charge in [0.1, 0.15) is 12.9 Å². The number of hydrogen-bond acceptors (Lipinski definition) is 7. The predicted octanol–water partition coefficient (Wildman–Crippen LogP) is 1.42. The number of hydrogen-bond donors (Lipinski definition) is 0. The quantitative estimate of drug-likeness (QED) is 0.336. The van der Waals surface area contributed by atoms with Crippen molar-refractivity contribution in [3.63, 3.8) is 0 Å². The molecule has 2 amide bonds. The number of Topliss-reactive ketones (excluding diaryl/α,β-unsaturated/α-hetero) is 1. The Kier molecular flexibility index (Phi) is 6.28. The highest BCUT2D eigenvalue weighted by atomic mass is 32.2. The summed E-state index contributed by atoms with van der Waals surface area (Å²) in [7, 11) is 1.66. The van der Waals surface area contributed by atoms with E-state index < -0.39 is 30.9 Å². The van der Waals surface area contributed by atoms with Crippen LogP contribution >= 0.6 is 11.8 Å². The first-order valence-electron chi connectivity index (χ1n) is 9.52. The molecule has 2 saturated heterocycles. The van der Waals surface area contributed by atoms with Crippen LogP contribution in [0.4, 0.5) is 0 Å². The Hall–Kier alpha value is -1.62. The zero-order chi connectivity index (χ0) is 21.4. The molecule has 0 aromatic carbocycles. The van der Waals surface area contributed by atoms with Gasteiger partial charge in [0.25, 0.3) is 5.91 Å². The van der Waals surface area contributed by atoms with Gasteiger partial charge in [0, 0.05) is 22.2 Å². The van der Waals surface area contributed by atoms with Gasteiger partial charge in [-0.3, -0.25) is 14.4 Å². The number of rotatable bonds is 7. The maximum atomic E-state index is 13.6.